The lowest BCUT2D eigenvalue weighted by Crippen LogP contribution is -2.40. The Kier molecular flexibility index (Phi) is 5.70. The molecule has 2 fully saturated rings. The minimum absolute atomic E-state index is 0.0596. The monoisotopic (exact) mass is 449 g/mol. The molecule has 1 saturated heterocycles. The molecule has 7 nitrogen and oxygen atoms in total. The third-order valence-corrected chi connectivity index (χ3v) is 6.70. The Bertz CT molecular complexity index is 1120. The third kappa shape index (κ3) is 3.71. The SMILES string of the molecule is COc1ccccc1C1/C(=C(\O)c2ccc3c(c2)OCCO3)C(=O)C(=O)N1C1CCCCC1. The number of para-hydroxylation sites is 1. The maximum atomic E-state index is 13.3. The number of Topliss-reactive ketones (excluding diaryl/α,β-unsaturated/α-hetero) is 1. The van der Waals surface area contributed by atoms with Gasteiger partial charge in [-0.3, -0.25) is 9.59 Å². The average molecular weight is 450 g/mol. The van der Waals surface area contributed by atoms with Gasteiger partial charge >= 0.3 is 0 Å². The summed E-state index contributed by atoms with van der Waals surface area (Å²) in [4.78, 5) is 28.3. The van der Waals surface area contributed by atoms with Crippen molar-refractivity contribution in [2.24, 2.45) is 0 Å². The number of rotatable bonds is 4. The van der Waals surface area contributed by atoms with E-state index in [2.05, 4.69) is 0 Å². The number of fused-ring (bicyclic) bond motifs is 1. The van der Waals surface area contributed by atoms with Crippen molar-refractivity contribution in [2.75, 3.05) is 20.3 Å². The third-order valence-electron chi connectivity index (χ3n) is 6.70. The number of nitrogens with zero attached hydrogens (tertiary/aromatic N) is 1. The topological polar surface area (TPSA) is 85.3 Å². The van der Waals surface area contributed by atoms with Gasteiger partial charge in [0.2, 0.25) is 0 Å². The van der Waals surface area contributed by atoms with E-state index in [0.717, 1.165) is 32.1 Å². The minimum Gasteiger partial charge on any atom is -0.507 e. The van der Waals surface area contributed by atoms with Crippen molar-refractivity contribution in [1.29, 1.82) is 0 Å². The fourth-order valence-electron chi connectivity index (χ4n) is 5.13. The standard InChI is InChI=1S/C26H27NO6/c1-31-19-10-6-5-9-18(19)23-22(25(29)26(30)27(23)17-7-3-2-4-8-17)24(28)16-11-12-20-21(15-16)33-14-13-32-20/h5-6,9-12,15,17,23,28H,2-4,7-8,13-14H2,1H3/b24-22+. The van der Waals surface area contributed by atoms with Crippen LogP contribution in [0.2, 0.25) is 0 Å². The smallest absolute Gasteiger partial charge is 0.295 e. The molecule has 0 aromatic heterocycles. The van der Waals surface area contributed by atoms with Crippen LogP contribution in [0.25, 0.3) is 5.76 Å². The van der Waals surface area contributed by atoms with Gasteiger partial charge in [-0.15, -0.1) is 0 Å². The van der Waals surface area contributed by atoms with Gasteiger partial charge in [-0.25, -0.2) is 0 Å². The second-order valence-electron chi connectivity index (χ2n) is 8.60. The number of hydrogen-bond donors (Lipinski definition) is 1. The Labute approximate surface area is 192 Å². The van der Waals surface area contributed by atoms with E-state index in [1.165, 1.54) is 0 Å². The molecule has 1 unspecified atom stereocenters. The summed E-state index contributed by atoms with van der Waals surface area (Å²) in [5, 5.41) is 11.4. The first-order valence-corrected chi connectivity index (χ1v) is 11.4. The van der Waals surface area contributed by atoms with Crippen LogP contribution in [0.1, 0.15) is 49.3 Å². The molecule has 2 aromatic carbocycles. The number of aliphatic hydroxyl groups excluding tert-OH is 1. The predicted molar refractivity (Wildman–Crippen MR) is 121 cm³/mol. The molecular formula is C26H27NO6. The molecule has 1 aliphatic carbocycles. The van der Waals surface area contributed by atoms with E-state index in [1.54, 1.807) is 36.3 Å². The molecule has 33 heavy (non-hydrogen) atoms. The van der Waals surface area contributed by atoms with Crippen LogP contribution in [0.5, 0.6) is 17.2 Å². The highest BCUT2D eigenvalue weighted by atomic mass is 16.6. The Morgan fingerprint density at radius 1 is 1.00 bits per heavy atom. The molecule has 2 aromatic rings. The number of ether oxygens (including phenoxy) is 3. The second kappa shape index (κ2) is 8.81. The number of aliphatic hydroxyl groups is 1. The van der Waals surface area contributed by atoms with Gasteiger partial charge in [0.05, 0.1) is 18.7 Å². The number of carbonyl (C=O) groups excluding carboxylic acids is 2. The molecule has 1 saturated carbocycles. The van der Waals surface area contributed by atoms with Crippen molar-refractivity contribution in [3.63, 3.8) is 0 Å². The van der Waals surface area contributed by atoms with E-state index < -0.39 is 17.7 Å². The quantitative estimate of drug-likeness (QED) is 0.427. The van der Waals surface area contributed by atoms with Crippen LogP contribution in [0.15, 0.2) is 48.0 Å². The van der Waals surface area contributed by atoms with Crippen LogP contribution in [-0.4, -0.2) is 48.1 Å². The van der Waals surface area contributed by atoms with Gasteiger partial charge in [-0.1, -0.05) is 37.5 Å². The van der Waals surface area contributed by atoms with Crippen molar-refractivity contribution in [3.05, 3.63) is 59.2 Å². The molecule has 2 aliphatic heterocycles. The lowest BCUT2D eigenvalue weighted by molar-refractivity contribution is -0.141. The zero-order chi connectivity index (χ0) is 22.9. The number of ketones is 1. The normalized spacial score (nSPS) is 22.5. The van der Waals surface area contributed by atoms with Crippen LogP contribution in [0, 0.1) is 0 Å². The summed E-state index contributed by atoms with van der Waals surface area (Å²) < 4.78 is 16.8. The molecule has 0 radical (unpaired) electrons. The number of methoxy groups -OCH3 is 1. The van der Waals surface area contributed by atoms with Gasteiger partial charge in [0.25, 0.3) is 11.7 Å². The molecular weight excluding hydrogens is 422 g/mol. The molecule has 0 bridgehead atoms. The van der Waals surface area contributed by atoms with Crippen molar-refractivity contribution in [1.82, 2.24) is 4.90 Å². The van der Waals surface area contributed by atoms with E-state index in [0.29, 0.717) is 41.6 Å². The maximum absolute atomic E-state index is 13.3. The Morgan fingerprint density at radius 2 is 1.73 bits per heavy atom. The lowest BCUT2D eigenvalue weighted by Gasteiger charge is -2.35. The number of hydrogen-bond acceptors (Lipinski definition) is 6. The average Bonchev–Trinajstić information content (AvgIpc) is 3.13. The highest BCUT2D eigenvalue weighted by Gasteiger charge is 2.49. The summed E-state index contributed by atoms with van der Waals surface area (Å²) >= 11 is 0. The van der Waals surface area contributed by atoms with Gasteiger partial charge in [-0.05, 0) is 37.1 Å². The second-order valence-corrected chi connectivity index (χ2v) is 8.60. The van der Waals surface area contributed by atoms with Gasteiger partial charge in [0.15, 0.2) is 11.5 Å². The van der Waals surface area contributed by atoms with Crippen LogP contribution in [-0.2, 0) is 9.59 Å². The van der Waals surface area contributed by atoms with E-state index in [9.17, 15) is 14.7 Å². The zero-order valence-electron chi connectivity index (χ0n) is 18.6. The Balaban J connectivity index is 1.67. The van der Waals surface area contributed by atoms with Crippen LogP contribution >= 0.6 is 0 Å². The molecule has 1 N–H and O–H groups in total. The summed E-state index contributed by atoms with van der Waals surface area (Å²) in [5.41, 5.74) is 1.16. The van der Waals surface area contributed by atoms with Gasteiger partial charge < -0.3 is 24.2 Å². The zero-order valence-corrected chi connectivity index (χ0v) is 18.6. The van der Waals surface area contributed by atoms with E-state index in [-0.39, 0.29) is 17.4 Å². The highest BCUT2D eigenvalue weighted by Crippen LogP contribution is 2.46. The fraction of sp³-hybridized carbons (Fsp3) is 0.385. The number of carbonyl (C=O) groups is 2. The molecule has 172 valence electrons. The molecule has 1 amide bonds. The molecule has 0 spiro atoms. The number of benzene rings is 2. The first kappa shape index (κ1) is 21.4. The maximum Gasteiger partial charge on any atom is 0.295 e. The number of amides is 1. The summed E-state index contributed by atoms with van der Waals surface area (Å²) in [5.74, 6) is 0.181. The van der Waals surface area contributed by atoms with E-state index >= 15 is 0 Å². The first-order chi connectivity index (χ1) is 16.1. The van der Waals surface area contributed by atoms with Crippen LogP contribution in [0.4, 0.5) is 0 Å². The first-order valence-electron chi connectivity index (χ1n) is 11.4. The van der Waals surface area contributed by atoms with Crippen LogP contribution in [0.3, 0.4) is 0 Å². The molecule has 5 rings (SSSR count). The summed E-state index contributed by atoms with van der Waals surface area (Å²) in [7, 11) is 1.56. The van der Waals surface area contributed by atoms with Gasteiger partial charge in [0.1, 0.15) is 24.7 Å². The Hall–Kier alpha value is -3.48. The Morgan fingerprint density at radius 3 is 2.48 bits per heavy atom. The van der Waals surface area contributed by atoms with Crippen molar-refractivity contribution in [3.8, 4) is 17.2 Å². The van der Waals surface area contributed by atoms with Crippen molar-refractivity contribution in [2.45, 2.75) is 44.2 Å². The van der Waals surface area contributed by atoms with Crippen molar-refractivity contribution < 1.29 is 28.9 Å². The fourth-order valence-corrected chi connectivity index (χ4v) is 5.13. The summed E-state index contributed by atoms with van der Waals surface area (Å²) in [6.07, 6.45) is 4.81. The van der Waals surface area contributed by atoms with E-state index in [4.69, 9.17) is 14.2 Å². The van der Waals surface area contributed by atoms with Crippen molar-refractivity contribution >= 4 is 17.4 Å². The molecule has 2 heterocycles. The summed E-state index contributed by atoms with van der Waals surface area (Å²) in [6.45, 7) is 0.864. The predicted octanol–water partition coefficient (Wildman–Crippen LogP) is 4.22. The lowest BCUT2D eigenvalue weighted by atomic mass is 9.90. The largest absolute Gasteiger partial charge is 0.507 e. The highest BCUT2D eigenvalue weighted by molar-refractivity contribution is 6.46. The van der Waals surface area contributed by atoms with Gasteiger partial charge in [-0.2, -0.15) is 0 Å². The van der Waals surface area contributed by atoms with Crippen LogP contribution < -0.4 is 14.2 Å². The molecule has 1 atom stereocenters. The molecule has 7 heteroatoms. The minimum atomic E-state index is -0.725. The number of likely N-dealkylation sites (tertiary alicyclic amines) is 1. The summed E-state index contributed by atoms with van der Waals surface area (Å²) in [6, 6.07) is 11.6. The van der Waals surface area contributed by atoms with Gasteiger partial charge in [0, 0.05) is 17.2 Å². The molecule has 3 aliphatic rings. The van der Waals surface area contributed by atoms with E-state index in [1.807, 2.05) is 18.2 Å².